The summed E-state index contributed by atoms with van der Waals surface area (Å²) in [7, 11) is 2.95. The number of nitriles is 1. The zero-order chi connectivity index (χ0) is 15.9. The highest BCUT2D eigenvalue weighted by molar-refractivity contribution is 5.93. The first-order valence-electron chi connectivity index (χ1n) is 6.57. The summed E-state index contributed by atoms with van der Waals surface area (Å²) in [5.41, 5.74) is 1.41. The Hall–Kier alpha value is -3.00. The number of rotatable bonds is 5. The van der Waals surface area contributed by atoms with Gasteiger partial charge in [-0.25, -0.2) is 4.79 Å². The number of methoxy groups -OCH3 is 2. The monoisotopic (exact) mass is 297 g/mol. The summed E-state index contributed by atoms with van der Waals surface area (Å²) < 4.78 is 15.6. The molecule has 0 aliphatic rings. The number of hydrogen-bond donors (Lipinski definition) is 0. The minimum Gasteiger partial charge on any atom is -0.493 e. The van der Waals surface area contributed by atoms with Crippen molar-refractivity contribution in [2.75, 3.05) is 14.2 Å². The van der Waals surface area contributed by atoms with Crippen molar-refractivity contribution in [2.24, 2.45) is 0 Å². The molecule has 2 rings (SSSR count). The van der Waals surface area contributed by atoms with Crippen LogP contribution in [0.2, 0.25) is 0 Å². The molecule has 0 atom stereocenters. The number of hydrogen-bond acceptors (Lipinski definition) is 5. The van der Waals surface area contributed by atoms with E-state index in [0.29, 0.717) is 22.6 Å². The average molecular weight is 297 g/mol. The van der Waals surface area contributed by atoms with Crippen molar-refractivity contribution in [1.82, 2.24) is 0 Å². The van der Waals surface area contributed by atoms with Gasteiger partial charge in [0.2, 0.25) is 0 Å². The molecule has 0 heterocycles. The lowest BCUT2D eigenvalue weighted by atomic mass is 10.1. The average Bonchev–Trinajstić information content (AvgIpc) is 2.58. The second-order valence-electron chi connectivity index (χ2n) is 4.39. The number of ether oxygens (including phenoxy) is 3. The Bertz CT molecular complexity index is 719. The summed E-state index contributed by atoms with van der Waals surface area (Å²) in [5.74, 6) is 0.237. The molecule has 0 saturated heterocycles. The van der Waals surface area contributed by atoms with Crippen LogP contribution < -0.4 is 9.47 Å². The third-order valence-electron chi connectivity index (χ3n) is 3.12. The van der Waals surface area contributed by atoms with Gasteiger partial charge in [-0.15, -0.1) is 0 Å². The van der Waals surface area contributed by atoms with Gasteiger partial charge in [0.05, 0.1) is 25.9 Å². The van der Waals surface area contributed by atoms with E-state index in [2.05, 4.69) is 6.07 Å². The minimum absolute atomic E-state index is 0.0168. The van der Waals surface area contributed by atoms with Crippen molar-refractivity contribution in [3.63, 3.8) is 0 Å². The van der Waals surface area contributed by atoms with Crippen molar-refractivity contribution < 1.29 is 19.0 Å². The van der Waals surface area contributed by atoms with Crippen molar-refractivity contribution in [3.05, 3.63) is 59.2 Å². The molecule has 2 aromatic carbocycles. The first-order valence-corrected chi connectivity index (χ1v) is 6.57. The molecule has 0 aliphatic heterocycles. The number of carbonyl (C=O) groups excluding carboxylic acids is 1. The normalized spacial score (nSPS) is 9.68. The van der Waals surface area contributed by atoms with E-state index < -0.39 is 5.97 Å². The van der Waals surface area contributed by atoms with E-state index in [1.54, 1.807) is 42.5 Å². The first kappa shape index (κ1) is 15.4. The number of nitrogens with zero attached hydrogens (tertiary/aromatic N) is 1. The van der Waals surface area contributed by atoms with Crippen molar-refractivity contribution in [2.45, 2.75) is 6.61 Å². The predicted octanol–water partition coefficient (Wildman–Crippen LogP) is 2.93. The van der Waals surface area contributed by atoms with Crippen LogP contribution in [0.1, 0.15) is 21.5 Å². The number of benzene rings is 2. The molecular formula is C17H15NO4. The Labute approximate surface area is 128 Å². The molecule has 0 radical (unpaired) electrons. The van der Waals surface area contributed by atoms with E-state index in [9.17, 15) is 4.79 Å². The molecule has 5 heteroatoms. The van der Waals surface area contributed by atoms with Gasteiger partial charge in [0, 0.05) is 5.56 Å². The van der Waals surface area contributed by atoms with Gasteiger partial charge >= 0.3 is 5.97 Å². The smallest absolute Gasteiger partial charge is 0.342 e. The number of carbonyl (C=O) groups is 1. The van der Waals surface area contributed by atoms with Gasteiger partial charge in [-0.1, -0.05) is 24.3 Å². The number of para-hydroxylation sites is 1. The molecule has 0 aliphatic carbocycles. The molecule has 0 saturated carbocycles. The fourth-order valence-electron chi connectivity index (χ4n) is 2.02. The molecule has 0 aromatic heterocycles. The second kappa shape index (κ2) is 7.14. The van der Waals surface area contributed by atoms with E-state index in [-0.39, 0.29) is 12.2 Å². The van der Waals surface area contributed by atoms with E-state index in [4.69, 9.17) is 19.5 Å². The molecule has 112 valence electrons. The SMILES string of the molecule is COc1cccc(C(=O)OCc2ccccc2C#N)c1OC. The van der Waals surface area contributed by atoms with Gasteiger partial charge in [-0.2, -0.15) is 5.26 Å². The van der Waals surface area contributed by atoms with Crippen LogP contribution in [-0.4, -0.2) is 20.2 Å². The fourth-order valence-corrected chi connectivity index (χ4v) is 2.02. The third-order valence-corrected chi connectivity index (χ3v) is 3.12. The lowest BCUT2D eigenvalue weighted by Crippen LogP contribution is -2.08. The topological polar surface area (TPSA) is 68.5 Å². The van der Waals surface area contributed by atoms with Crippen LogP contribution in [0.5, 0.6) is 11.5 Å². The van der Waals surface area contributed by atoms with Crippen LogP contribution in [0.15, 0.2) is 42.5 Å². The van der Waals surface area contributed by atoms with Crippen LogP contribution in [0.25, 0.3) is 0 Å². The van der Waals surface area contributed by atoms with Gasteiger partial charge in [0.1, 0.15) is 12.2 Å². The van der Waals surface area contributed by atoms with Crippen LogP contribution in [-0.2, 0) is 11.3 Å². The van der Waals surface area contributed by atoms with Crippen molar-refractivity contribution in [3.8, 4) is 17.6 Å². The molecular weight excluding hydrogens is 282 g/mol. The Morgan fingerprint density at radius 3 is 2.55 bits per heavy atom. The summed E-state index contributed by atoms with van der Waals surface area (Å²) in [5, 5.41) is 9.02. The van der Waals surface area contributed by atoms with Gasteiger partial charge in [-0.05, 0) is 18.2 Å². The molecule has 5 nitrogen and oxygen atoms in total. The maximum atomic E-state index is 12.2. The minimum atomic E-state index is -0.538. The molecule has 2 aromatic rings. The standard InChI is InChI=1S/C17H15NO4/c1-20-15-9-5-8-14(16(15)21-2)17(19)22-11-13-7-4-3-6-12(13)10-18/h3-9H,11H2,1-2H3. The molecule has 0 bridgehead atoms. The molecule has 22 heavy (non-hydrogen) atoms. The van der Waals surface area contributed by atoms with Crippen molar-refractivity contribution >= 4 is 5.97 Å². The zero-order valence-corrected chi connectivity index (χ0v) is 12.3. The number of esters is 1. The predicted molar refractivity (Wildman–Crippen MR) is 79.8 cm³/mol. The van der Waals surface area contributed by atoms with Crippen LogP contribution in [0, 0.1) is 11.3 Å². The largest absolute Gasteiger partial charge is 0.493 e. The summed E-state index contributed by atoms with van der Waals surface area (Å²) in [6.45, 7) is 0.0168. The molecule has 0 N–H and O–H groups in total. The maximum Gasteiger partial charge on any atom is 0.342 e. The maximum absolute atomic E-state index is 12.2. The van der Waals surface area contributed by atoms with Gasteiger partial charge < -0.3 is 14.2 Å². The fraction of sp³-hybridized carbons (Fsp3) is 0.176. The first-order chi connectivity index (χ1) is 10.7. The van der Waals surface area contributed by atoms with Crippen LogP contribution >= 0.6 is 0 Å². The second-order valence-corrected chi connectivity index (χ2v) is 4.39. The van der Waals surface area contributed by atoms with Crippen molar-refractivity contribution in [1.29, 1.82) is 5.26 Å². The quantitative estimate of drug-likeness (QED) is 0.794. The summed E-state index contributed by atoms with van der Waals surface area (Å²) in [4.78, 5) is 12.2. The summed E-state index contributed by atoms with van der Waals surface area (Å²) in [6.07, 6.45) is 0. The highest BCUT2D eigenvalue weighted by Gasteiger charge is 2.18. The van der Waals surface area contributed by atoms with Gasteiger partial charge in [0.15, 0.2) is 11.5 Å². The molecule has 0 spiro atoms. The Kier molecular flexibility index (Phi) is 4.99. The third kappa shape index (κ3) is 3.18. The van der Waals surface area contributed by atoms with Crippen LogP contribution in [0.3, 0.4) is 0 Å². The summed E-state index contributed by atoms with van der Waals surface area (Å²) in [6, 6.07) is 14.0. The van der Waals surface area contributed by atoms with Crippen LogP contribution in [0.4, 0.5) is 0 Å². The Morgan fingerprint density at radius 1 is 1.09 bits per heavy atom. The van der Waals surface area contributed by atoms with E-state index in [1.165, 1.54) is 14.2 Å². The van der Waals surface area contributed by atoms with E-state index in [0.717, 1.165) is 0 Å². The molecule has 0 fully saturated rings. The summed E-state index contributed by atoms with van der Waals surface area (Å²) >= 11 is 0. The van der Waals surface area contributed by atoms with Gasteiger partial charge in [-0.3, -0.25) is 0 Å². The highest BCUT2D eigenvalue weighted by atomic mass is 16.5. The Morgan fingerprint density at radius 2 is 1.86 bits per heavy atom. The lowest BCUT2D eigenvalue weighted by Gasteiger charge is -2.12. The molecule has 0 amide bonds. The van der Waals surface area contributed by atoms with E-state index >= 15 is 0 Å². The molecule has 0 unspecified atom stereocenters. The lowest BCUT2D eigenvalue weighted by molar-refractivity contribution is 0.0468. The zero-order valence-electron chi connectivity index (χ0n) is 12.3. The van der Waals surface area contributed by atoms with Gasteiger partial charge in [0.25, 0.3) is 0 Å². The van der Waals surface area contributed by atoms with E-state index in [1.807, 2.05) is 0 Å². The highest BCUT2D eigenvalue weighted by Crippen LogP contribution is 2.31. The Balaban J connectivity index is 2.18.